The number of nitrogens with one attached hydrogen (secondary N) is 1. The van der Waals surface area contributed by atoms with Crippen molar-refractivity contribution >= 4 is 17.5 Å². The number of nitrogens with zero attached hydrogens (tertiary/aromatic N) is 1. The van der Waals surface area contributed by atoms with Crippen LogP contribution in [0.3, 0.4) is 0 Å². The van der Waals surface area contributed by atoms with Crippen LogP contribution in [0.1, 0.15) is 18.9 Å². The molecule has 0 radical (unpaired) electrons. The lowest BCUT2D eigenvalue weighted by Gasteiger charge is -1.95. The van der Waals surface area contributed by atoms with Crippen LogP contribution in [-0.4, -0.2) is 17.4 Å². The molecule has 3 nitrogen and oxygen atoms in total. The van der Waals surface area contributed by atoms with Crippen molar-refractivity contribution in [1.29, 1.82) is 0 Å². The molecule has 1 aromatic rings. The zero-order valence-electron chi connectivity index (χ0n) is 8.38. The molecule has 0 aliphatic carbocycles. The number of halogens is 1. The van der Waals surface area contributed by atoms with E-state index >= 15 is 0 Å². The van der Waals surface area contributed by atoms with E-state index < -0.39 is 0 Å². The van der Waals surface area contributed by atoms with Crippen LogP contribution < -0.4 is 5.32 Å². The van der Waals surface area contributed by atoms with Gasteiger partial charge in [0, 0.05) is 37.8 Å². The second-order valence-corrected chi connectivity index (χ2v) is 3.30. The van der Waals surface area contributed by atoms with Crippen molar-refractivity contribution in [2.24, 2.45) is 0 Å². The summed E-state index contributed by atoms with van der Waals surface area (Å²) >= 11 is 5.85. The molecule has 0 spiro atoms. The van der Waals surface area contributed by atoms with Crippen LogP contribution >= 0.6 is 11.6 Å². The van der Waals surface area contributed by atoms with Gasteiger partial charge in [0.1, 0.15) is 0 Å². The molecule has 0 saturated heterocycles. The molecule has 15 heavy (non-hydrogen) atoms. The second kappa shape index (κ2) is 6.05. The maximum absolute atomic E-state index is 10.5. The third-order valence-corrected chi connectivity index (χ3v) is 1.92. The van der Waals surface area contributed by atoms with Crippen LogP contribution in [0.2, 0.25) is 5.02 Å². The first-order valence-electron chi connectivity index (χ1n) is 4.53. The average Bonchev–Trinajstić information content (AvgIpc) is 2.20. The lowest BCUT2D eigenvalue weighted by Crippen LogP contribution is -2.20. The van der Waals surface area contributed by atoms with E-state index in [9.17, 15) is 4.79 Å². The molecule has 1 amide bonds. The van der Waals surface area contributed by atoms with Gasteiger partial charge in [0.25, 0.3) is 0 Å². The SMILES string of the molecule is CC(=O)NCCC#Cc1ccncc1Cl. The van der Waals surface area contributed by atoms with Crippen molar-refractivity contribution in [3.05, 3.63) is 29.0 Å². The Morgan fingerprint density at radius 2 is 2.47 bits per heavy atom. The number of amides is 1. The van der Waals surface area contributed by atoms with Gasteiger partial charge in [0.05, 0.1) is 5.02 Å². The fourth-order valence-electron chi connectivity index (χ4n) is 0.935. The first-order valence-corrected chi connectivity index (χ1v) is 4.91. The van der Waals surface area contributed by atoms with Gasteiger partial charge in [-0.25, -0.2) is 0 Å². The second-order valence-electron chi connectivity index (χ2n) is 2.89. The summed E-state index contributed by atoms with van der Waals surface area (Å²) in [6, 6.07) is 1.76. The van der Waals surface area contributed by atoms with Gasteiger partial charge in [0.2, 0.25) is 5.91 Å². The number of carbonyl (C=O) groups is 1. The summed E-state index contributed by atoms with van der Waals surface area (Å²) in [7, 11) is 0. The van der Waals surface area contributed by atoms with Crippen LogP contribution in [0.4, 0.5) is 0 Å². The minimum Gasteiger partial charge on any atom is -0.355 e. The lowest BCUT2D eigenvalue weighted by atomic mass is 10.2. The largest absolute Gasteiger partial charge is 0.355 e. The predicted octanol–water partition coefficient (Wildman–Crippen LogP) is 1.61. The Morgan fingerprint density at radius 1 is 1.67 bits per heavy atom. The normalized spacial score (nSPS) is 8.93. The highest BCUT2D eigenvalue weighted by Gasteiger charge is 1.93. The molecule has 1 N–H and O–H groups in total. The Hall–Kier alpha value is -1.53. The number of rotatable bonds is 2. The zero-order chi connectivity index (χ0) is 11.1. The molecule has 0 aliphatic heterocycles. The van der Waals surface area contributed by atoms with Gasteiger partial charge >= 0.3 is 0 Å². The molecule has 0 saturated carbocycles. The summed E-state index contributed by atoms with van der Waals surface area (Å²) in [5.74, 6) is 5.79. The quantitative estimate of drug-likeness (QED) is 0.610. The molecule has 1 heterocycles. The minimum absolute atomic E-state index is 0.0428. The van der Waals surface area contributed by atoms with Crippen LogP contribution in [-0.2, 0) is 4.79 Å². The summed E-state index contributed by atoms with van der Waals surface area (Å²) in [4.78, 5) is 14.4. The van der Waals surface area contributed by atoms with Crippen molar-refractivity contribution in [2.45, 2.75) is 13.3 Å². The van der Waals surface area contributed by atoms with Gasteiger partial charge in [-0.15, -0.1) is 0 Å². The fraction of sp³-hybridized carbons (Fsp3) is 0.273. The summed E-state index contributed by atoms with van der Waals surface area (Å²) in [6.07, 6.45) is 3.81. The summed E-state index contributed by atoms with van der Waals surface area (Å²) in [5, 5.41) is 3.21. The molecule has 0 aliphatic rings. The molecule has 4 heteroatoms. The summed E-state index contributed by atoms with van der Waals surface area (Å²) in [5.41, 5.74) is 0.759. The fourth-order valence-corrected chi connectivity index (χ4v) is 1.10. The van der Waals surface area contributed by atoms with Gasteiger partial charge < -0.3 is 5.32 Å². The predicted molar refractivity (Wildman–Crippen MR) is 59.4 cm³/mol. The highest BCUT2D eigenvalue weighted by atomic mass is 35.5. The maximum atomic E-state index is 10.5. The molecule has 0 bridgehead atoms. The van der Waals surface area contributed by atoms with Gasteiger partial charge in [-0.2, -0.15) is 0 Å². The van der Waals surface area contributed by atoms with E-state index in [1.807, 2.05) is 0 Å². The van der Waals surface area contributed by atoms with E-state index in [2.05, 4.69) is 22.1 Å². The van der Waals surface area contributed by atoms with Crippen LogP contribution in [0.25, 0.3) is 0 Å². The first-order chi connectivity index (χ1) is 7.20. The Balaban J connectivity index is 2.45. The van der Waals surface area contributed by atoms with Crippen molar-refractivity contribution < 1.29 is 4.79 Å². The third kappa shape index (κ3) is 4.48. The van der Waals surface area contributed by atoms with E-state index in [4.69, 9.17) is 11.6 Å². The molecule has 1 rings (SSSR count). The number of hydrogen-bond donors (Lipinski definition) is 1. The molecule has 78 valence electrons. The Kier molecular flexibility index (Phi) is 4.65. The monoisotopic (exact) mass is 222 g/mol. The molecule has 1 aromatic heterocycles. The molecule has 0 fully saturated rings. The molecule has 0 atom stereocenters. The van der Waals surface area contributed by atoms with Crippen LogP contribution in [0.5, 0.6) is 0 Å². The van der Waals surface area contributed by atoms with Gasteiger partial charge in [-0.3, -0.25) is 9.78 Å². The number of hydrogen-bond acceptors (Lipinski definition) is 2. The first kappa shape index (κ1) is 11.5. The maximum Gasteiger partial charge on any atom is 0.216 e. The standard InChI is InChI=1S/C11H11ClN2O/c1-9(15)14-6-3-2-4-10-5-7-13-8-11(10)12/h5,7-8H,3,6H2,1H3,(H,14,15). The topological polar surface area (TPSA) is 42.0 Å². The summed E-state index contributed by atoms with van der Waals surface area (Å²) < 4.78 is 0. The Morgan fingerprint density at radius 3 is 3.13 bits per heavy atom. The van der Waals surface area contributed by atoms with E-state index in [0.717, 1.165) is 5.56 Å². The zero-order valence-corrected chi connectivity index (χ0v) is 9.14. The van der Waals surface area contributed by atoms with E-state index in [-0.39, 0.29) is 5.91 Å². The summed E-state index contributed by atoms with van der Waals surface area (Å²) in [6.45, 7) is 2.04. The third-order valence-electron chi connectivity index (χ3n) is 1.62. The van der Waals surface area contributed by atoms with Crippen molar-refractivity contribution in [2.75, 3.05) is 6.54 Å². The Labute approximate surface area is 93.9 Å². The van der Waals surface area contributed by atoms with Crippen molar-refractivity contribution in [1.82, 2.24) is 10.3 Å². The minimum atomic E-state index is -0.0428. The Bertz CT molecular complexity index is 407. The smallest absolute Gasteiger partial charge is 0.216 e. The van der Waals surface area contributed by atoms with Crippen molar-refractivity contribution in [3.8, 4) is 11.8 Å². The molecule has 0 unspecified atom stereocenters. The number of aromatic nitrogens is 1. The van der Waals surface area contributed by atoms with E-state index in [1.54, 1.807) is 18.5 Å². The number of carbonyl (C=O) groups excluding carboxylic acids is 1. The van der Waals surface area contributed by atoms with Crippen molar-refractivity contribution in [3.63, 3.8) is 0 Å². The van der Waals surface area contributed by atoms with E-state index in [0.29, 0.717) is 18.0 Å². The molecule has 0 aromatic carbocycles. The number of pyridine rings is 1. The van der Waals surface area contributed by atoms with Crippen LogP contribution in [0, 0.1) is 11.8 Å². The van der Waals surface area contributed by atoms with E-state index in [1.165, 1.54) is 6.92 Å². The molecular formula is C11H11ClN2O. The molecular weight excluding hydrogens is 212 g/mol. The van der Waals surface area contributed by atoms with Gasteiger partial charge in [-0.1, -0.05) is 23.4 Å². The van der Waals surface area contributed by atoms with Gasteiger partial charge in [-0.05, 0) is 6.07 Å². The lowest BCUT2D eigenvalue weighted by molar-refractivity contribution is -0.118. The van der Waals surface area contributed by atoms with Gasteiger partial charge in [0.15, 0.2) is 0 Å². The van der Waals surface area contributed by atoms with Crippen LogP contribution in [0.15, 0.2) is 18.5 Å². The highest BCUT2D eigenvalue weighted by Crippen LogP contribution is 2.11. The average molecular weight is 223 g/mol. The highest BCUT2D eigenvalue weighted by molar-refractivity contribution is 6.31.